The molecule has 2 amide bonds. The third-order valence-corrected chi connectivity index (χ3v) is 6.38. The molecule has 1 aromatic heterocycles. The number of anilines is 1. The van der Waals surface area contributed by atoms with Crippen LogP contribution in [0.2, 0.25) is 0 Å². The number of ether oxygens (including phenoxy) is 1. The van der Waals surface area contributed by atoms with Gasteiger partial charge in [-0.05, 0) is 80.0 Å². The fraction of sp³-hybridized carbons (Fsp3) is 0.192. The Morgan fingerprint density at radius 2 is 1.81 bits per heavy atom. The number of nitro groups is 1. The average Bonchev–Trinajstić information content (AvgIpc) is 3.13. The molecule has 9 nitrogen and oxygen atoms in total. The van der Waals surface area contributed by atoms with Crippen LogP contribution in [0, 0.1) is 24.0 Å². The molecule has 1 N–H and O–H groups in total. The molecule has 1 aliphatic heterocycles. The third-order valence-electron chi connectivity index (χ3n) is 6.09. The van der Waals surface area contributed by atoms with Crippen LogP contribution in [0.5, 0.6) is 5.75 Å². The lowest BCUT2D eigenvalue weighted by Crippen LogP contribution is -2.54. The number of aryl methyl sites for hydroxylation is 2. The topological polar surface area (TPSA) is 107 Å². The Kier molecular flexibility index (Phi) is 6.71. The summed E-state index contributed by atoms with van der Waals surface area (Å²) in [5.74, 6) is -0.789. The summed E-state index contributed by atoms with van der Waals surface area (Å²) in [5, 5.41) is 14.3. The summed E-state index contributed by atoms with van der Waals surface area (Å²) in [5.41, 5.74) is 3.67. The van der Waals surface area contributed by atoms with Crippen molar-refractivity contribution in [3.05, 3.63) is 86.7 Å². The van der Waals surface area contributed by atoms with Crippen molar-refractivity contribution < 1.29 is 19.2 Å². The second-order valence-corrected chi connectivity index (χ2v) is 8.64. The number of rotatable bonds is 6. The molecule has 1 aliphatic rings. The van der Waals surface area contributed by atoms with E-state index in [1.807, 2.05) is 19.1 Å². The minimum atomic E-state index is -0.605. The Morgan fingerprint density at radius 3 is 2.42 bits per heavy atom. The number of aromatic nitrogens is 1. The minimum absolute atomic E-state index is 0.00530. The molecule has 2 aromatic carbocycles. The molecule has 0 bridgehead atoms. The van der Waals surface area contributed by atoms with Gasteiger partial charge < -0.3 is 9.30 Å². The second-order valence-electron chi connectivity index (χ2n) is 8.25. The number of methoxy groups -OCH3 is 1. The maximum absolute atomic E-state index is 13.4. The quantitative estimate of drug-likeness (QED) is 0.175. The van der Waals surface area contributed by atoms with Crippen molar-refractivity contribution in [2.45, 2.75) is 27.2 Å². The summed E-state index contributed by atoms with van der Waals surface area (Å²) < 4.78 is 6.84. The van der Waals surface area contributed by atoms with Crippen molar-refractivity contribution in [2.75, 3.05) is 12.0 Å². The molecule has 3 aromatic rings. The predicted octanol–water partition coefficient (Wildman–Crippen LogP) is 4.40. The molecule has 0 saturated carbocycles. The maximum Gasteiger partial charge on any atom is 0.296 e. The number of nitrogens with one attached hydrogen (secondary N) is 1. The van der Waals surface area contributed by atoms with Gasteiger partial charge in [0.05, 0.1) is 23.8 Å². The molecule has 1 fully saturated rings. The highest BCUT2D eigenvalue weighted by molar-refractivity contribution is 7.80. The molecule has 0 unspecified atom stereocenters. The lowest BCUT2D eigenvalue weighted by atomic mass is 10.1. The zero-order valence-corrected chi connectivity index (χ0v) is 21.0. The van der Waals surface area contributed by atoms with E-state index in [-0.39, 0.29) is 16.4 Å². The number of carbonyl (C=O) groups excluding carboxylic acids is 2. The van der Waals surface area contributed by atoms with Crippen LogP contribution in [-0.4, -0.2) is 33.5 Å². The molecular formula is C26H24N4O5S. The van der Waals surface area contributed by atoms with Gasteiger partial charge in [-0.25, -0.2) is 0 Å². The van der Waals surface area contributed by atoms with Crippen LogP contribution in [0.3, 0.4) is 0 Å². The van der Waals surface area contributed by atoms with Gasteiger partial charge in [0.15, 0.2) is 5.11 Å². The number of nitrogens with zero attached hydrogens (tertiary/aromatic N) is 3. The van der Waals surface area contributed by atoms with Crippen LogP contribution in [0.4, 0.5) is 11.4 Å². The smallest absolute Gasteiger partial charge is 0.296 e. The van der Waals surface area contributed by atoms with E-state index < -0.39 is 16.7 Å². The molecule has 184 valence electrons. The van der Waals surface area contributed by atoms with E-state index in [1.165, 1.54) is 24.2 Å². The first-order valence-corrected chi connectivity index (χ1v) is 11.6. The zero-order chi connectivity index (χ0) is 26.1. The van der Waals surface area contributed by atoms with Crippen LogP contribution in [0.25, 0.3) is 11.8 Å². The van der Waals surface area contributed by atoms with Crippen molar-refractivity contribution >= 4 is 46.6 Å². The summed E-state index contributed by atoms with van der Waals surface area (Å²) in [6.07, 6.45) is 2.34. The van der Waals surface area contributed by atoms with Gasteiger partial charge in [0.1, 0.15) is 17.0 Å². The first kappa shape index (κ1) is 24.8. The van der Waals surface area contributed by atoms with E-state index in [1.54, 1.807) is 48.7 Å². The van der Waals surface area contributed by atoms with Crippen molar-refractivity contribution in [1.82, 2.24) is 9.88 Å². The van der Waals surface area contributed by atoms with E-state index in [0.29, 0.717) is 34.1 Å². The Bertz CT molecular complexity index is 1440. The Balaban J connectivity index is 1.78. The largest absolute Gasteiger partial charge is 0.496 e. The normalized spacial score (nSPS) is 14.8. The Hall–Kier alpha value is -4.31. The average molecular weight is 505 g/mol. The SMILES string of the molecule is CCc1ccc(N2C(=O)/C(=C/c3cc(C)n(-c4ccc(OC)cc4[N+](=O)[O-])c3C)C(=O)NC2=S)cc1. The molecule has 4 rings (SSSR count). The molecule has 0 spiro atoms. The second kappa shape index (κ2) is 9.74. The van der Waals surface area contributed by atoms with E-state index in [0.717, 1.165) is 12.0 Å². The number of carbonyl (C=O) groups is 2. The van der Waals surface area contributed by atoms with Crippen LogP contribution in [0.15, 0.2) is 54.1 Å². The van der Waals surface area contributed by atoms with Crippen molar-refractivity contribution in [2.24, 2.45) is 0 Å². The van der Waals surface area contributed by atoms with Gasteiger partial charge in [-0.1, -0.05) is 19.1 Å². The summed E-state index contributed by atoms with van der Waals surface area (Å²) in [6, 6.07) is 13.7. The molecule has 36 heavy (non-hydrogen) atoms. The number of benzene rings is 2. The third kappa shape index (κ3) is 4.38. The van der Waals surface area contributed by atoms with E-state index in [4.69, 9.17) is 17.0 Å². The van der Waals surface area contributed by atoms with Gasteiger partial charge in [0.25, 0.3) is 17.5 Å². The molecule has 10 heteroatoms. The van der Waals surface area contributed by atoms with Crippen LogP contribution < -0.4 is 15.0 Å². The maximum atomic E-state index is 13.4. The number of thiocarbonyl (C=S) groups is 1. The van der Waals surface area contributed by atoms with Crippen molar-refractivity contribution in [3.63, 3.8) is 0 Å². The fourth-order valence-electron chi connectivity index (χ4n) is 4.20. The van der Waals surface area contributed by atoms with Crippen molar-refractivity contribution in [1.29, 1.82) is 0 Å². The molecule has 1 saturated heterocycles. The van der Waals surface area contributed by atoms with Crippen LogP contribution in [-0.2, 0) is 16.0 Å². The highest BCUT2D eigenvalue weighted by Crippen LogP contribution is 2.32. The highest BCUT2D eigenvalue weighted by atomic mass is 32.1. The summed E-state index contributed by atoms with van der Waals surface area (Å²) in [4.78, 5) is 38.7. The summed E-state index contributed by atoms with van der Waals surface area (Å²) in [6.45, 7) is 5.59. The number of amides is 2. The van der Waals surface area contributed by atoms with Gasteiger partial charge in [-0.3, -0.25) is 29.9 Å². The first-order chi connectivity index (χ1) is 17.2. The lowest BCUT2D eigenvalue weighted by Gasteiger charge is -2.29. The Labute approximate surface area is 213 Å². The first-order valence-electron chi connectivity index (χ1n) is 11.2. The zero-order valence-electron chi connectivity index (χ0n) is 20.2. The van der Waals surface area contributed by atoms with Gasteiger partial charge in [-0.15, -0.1) is 0 Å². The predicted molar refractivity (Wildman–Crippen MR) is 140 cm³/mol. The molecule has 0 atom stereocenters. The van der Waals surface area contributed by atoms with E-state index in [9.17, 15) is 19.7 Å². The van der Waals surface area contributed by atoms with E-state index in [2.05, 4.69) is 5.32 Å². The van der Waals surface area contributed by atoms with Crippen LogP contribution >= 0.6 is 12.2 Å². The molecular weight excluding hydrogens is 480 g/mol. The van der Waals surface area contributed by atoms with Gasteiger partial charge >= 0.3 is 0 Å². The lowest BCUT2D eigenvalue weighted by molar-refractivity contribution is -0.384. The molecule has 0 radical (unpaired) electrons. The number of hydrogen-bond acceptors (Lipinski definition) is 6. The van der Waals surface area contributed by atoms with Gasteiger partial charge in [0.2, 0.25) is 0 Å². The minimum Gasteiger partial charge on any atom is -0.496 e. The molecule has 2 heterocycles. The standard InChI is InChI=1S/C26H24N4O5S/c1-5-17-6-8-19(9-7-17)29-25(32)21(24(31)27-26(29)36)13-18-12-15(2)28(16(18)3)22-11-10-20(35-4)14-23(22)30(33)34/h6-14H,5H2,1-4H3,(H,27,31,36)/b21-13+. The number of nitro benzene ring substituents is 1. The number of hydrogen-bond donors (Lipinski definition) is 1. The van der Waals surface area contributed by atoms with Gasteiger partial charge in [-0.2, -0.15) is 0 Å². The summed E-state index contributed by atoms with van der Waals surface area (Å²) in [7, 11) is 1.44. The van der Waals surface area contributed by atoms with Gasteiger partial charge in [0, 0.05) is 11.4 Å². The molecule has 0 aliphatic carbocycles. The summed E-state index contributed by atoms with van der Waals surface area (Å²) >= 11 is 5.28. The monoisotopic (exact) mass is 504 g/mol. The van der Waals surface area contributed by atoms with Crippen molar-refractivity contribution in [3.8, 4) is 11.4 Å². The van der Waals surface area contributed by atoms with Crippen LogP contribution in [0.1, 0.15) is 29.4 Å². The Morgan fingerprint density at radius 1 is 1.11 bits per heavy atom. The fourth-order valence-corrected chi connectivity index (χ4v) is 4.48. The van der Waals surface area contributed by atoms with E-state index >= 15 is 0 Å². The highest BCUT2D eigenvalue weighted by Gasteiger charge is 2.35.